The van der Waals surface area contributed by atoms with Crippen molar-refractivity contribution in [1.29, 1.82) is 0 Å². The van der Waals surface area contributed by atoms with Crippen LogP contribution in [-0.4, -0.2) is 15.9 Å². The lowest BCUT2D eigenvalue weighted by Gasteiger charge is -2.11. The Labute approximate surface area is 123 Å². The van der Waals surface area contributed by atoms with E-state index < -0.39 is 5.91 Å². The van der Waals surface area contributed by atoms with Crippen LogP contribution < -0.4 is 16.2 Å². The molecule has 21 heavy (non-hydrogen) atoms. The van der Waals surface area contributed by atoms with Crippen LogP contribution in [0.25, 0.3) is 0 Å². The van der Waals surface area contributed by atoms with Crippen molar-refractivity contribution in [2.45, 2.75) is 27.4 Å². The van der Waals surface area contributed by atoms with Crippen molar-refractivity contribution in [2.24, 2.45) is 5.73 Å². The largest absolute Gasteiger partial charge is 0.487 e. The maximum absolute atomic E-state index is 11.5. The first-order valence-electron chi connectivity index (χ1n) is 6.51. The highest BCUT2D eigenvalue weighted by molar-refractivity contribution is 5.95. The molecule has 0 aliphatic rings. The molecule has 0 spiro atoms. The Morgan fingerprint density at radius 1 is 1.19 bits per heavy atom. The molecule has 6 nitrogen and oxygen atoms in total. The lowest BCUT2D eigenvalue weighted by Crippen LogP contribution is -2.20. The van der Waals surface area contributed by atoms with Gasteiger partial charge in [0, 0.05) is 0 Å². The zero-order valence-electron chi connectivity index (χ0n) is 12.3. The molecule has 0 saturated heterocycles. The van der Waals surface area contributed by atoms with Crippen molar-refractivity contribution in [2.75, 3.05) is 5.73 Å². The molecule has 4 N–H and O–H groups in total. The Hall–Kier alpha value is -2.63. The summed E-state index contributed by atoms with van der Waals surface area (Å²) in [4.78, 5) is 19.5. The quantitative estimate of drug-likeness (QED) is 0.889. The zero-order chi connectivity index (χ0) is 15.6. The molecule has 6 heteroatoms. The fraction of sp³-hybridized carbons (Fsp3) is 0.267. The van der Waals surface area contributed by atoms with E-state index in [1.54, 1.807) is 6.92 Å². The number of aromatic nitrogens is 2. The smallest absolute Gasteiger partial charge is 0.252 e. The van der Waals surface area contributed by atoms with Crippen LogP contribution in [0.5, 0.6) is 5.75 Å². The second-order valence-corrected chi connectivity index (χ2v) is 4.89. The monoisotopic (exact) mass is 286 g/mol. The second kappa shape index (κ2) is 5.78. The highest BCUT2D eigenvalue weighted by atomic mass is 16.5. The zero-order valence-corrected chi connectivity index (χ0v) is 12.3. The highest BCUT2D eigenvalue weighted by Gasteiger charge is 2.16. The van der Waals surface area contributed by atoms with Gasteiger partial charge in [0.15, 0.2) is 0 Å². The number of nitrogen functional groups attached to an aromatic ring is 1. The molecule has 2 rings (SSSR count). The van der Waals surface area contributed by atoms with Gasteiger partial charge in [0.2, 0.25) is 5.95 Å². The minimum atomic E-state index is -0.591. The number of anilines is 1. The predicted octanol–water partition coefficient (Wildman–Crippen LogP) is 1.66. The van der Waals surface area contributed by atoms with E-state index >= 15 is 0 Å². The summed E-state index contributed by atoms with van der Waals surface area (Å²) in [6.07, 6.45) is 0. The molecule has 110 valence electrons. The molecule has 1 amide bonds. The molecule has 0 aliphatic carbocycles. The molecule has 0 saturated carbocycles. The van der Waals surface area contributed by atoms with Gasteiger partial charge in [0.1, 0.15) is 12.4 Å². The number of hydrogen-bond acceptors (Lipinski definition) is 5. The normalized spacial score (nSPS) is 10.4. The topological polar surface area (TPSA) is 104 Å². The number of nitrogens with two attached hydrogens (primary N) is 2. The standard InChI is InChI=1S/C15H18N4O2/c1-8-4-5-11(6-9(8)2)21-7-12-13(14(16)20)10(3)18-15(17)19-12/h4-6H,7H2,1-3H3,(H2,16,20)(H2,17,18,19). The molecule has 2 aromatic rings. The fourth-order valence-corrected chi connectivity index (χ4v) is 2.04. The lowest BCUT2D eigenvalue weighted by molar-refractivity contribution is 0.0996. The van der Waals surface area contributed by atoms with Crippen molar-refractivity contribution < 1.29 is 9.53 Å². The lowest BCUT2D eigenvalue weighted by atomic mass is 10.1. The Morgan fingerprint density at radius 3 is 2.52 bits per heavy atom. The number of carbonyl (C=O) groups is 1. The van der Waals surface area contributed by atoms with Crippen LogP contribution >= 0.6 is 0 Å². The van der Waals surface area contributed by atoms with Crippen LogP contribution in [0.4, 0.5) is 5.95 Å². The van der Waals surface area contributed by atoms with Crippen LogP contribution in [0.2, 0.25) is 0 Å². The number of nitrogens with zero attached hydrogens (tertiary/aromatic N) is 2. The Morgan fingerprint density at radius 2 is 1.90 bits per heavy atom. The Bertz CT molecular complexity index is 698. The number of benzene rings is 1. The van der Waals surface area contributed by atoms with E-state index in [4.69, 9.17) is 16.2 Å². The molecule has 1 aromatic heterocycles. The van der Waals surface area contributed by atoms with Crippen molar-refractivity contribution in [1.82, 2.24) is 9.97 Å². The maximum atomic E-state index is 11.5. The maximum Gasteiger partial charge on any atom is 0.252 e. The van der Waals surface area contributed by atoms with Gasteiger partial charge in [-0.1, -0.05) is 6.07 Å². The van der Waals surface area contributed by atoms with Gasteiger partial charge in [0.05, 0.1) is 17.0 Å². The first-order chi connectivity index (χ1) is 9.88. The van der Waals surface area contributed by atoms with Crippen molar-refractivity contribution in [3.05, 3.63) is 46.3 Å². The average Bonchev–Trinajstić information content (AvgIpc) is 2.38. The van der Waals surface area contributed by atoms with Crippen LogP contribution in [0.3, 0.4) is 0 Å². The van der Waals surface area contributed by atoms with Gasteiger partial charge in [-0.15, -0.1) is 0 Å². The third kappa shape index (κ3) is 3.28. The van der Waals surface area contributed by atoms with E-state index in [1.165, 1.54) is 5.56 Å². The summed E-state index contributed by atoms with van der Waals surface area (Å²) in [6, 6.07) is 5.76. The van der Waals surface area contributed by atoms with Crippen molar-refractivity contribution in [3.63, 3.8) is 0 Å². The van der Waals surface area contributed by atoms with Crippen LogP contribution in [0.15, 0.2) is 18.2 Å². The third-order valence-corrected chi connectivity index (χ3v) is 3.28. The van der Waals surface area contributed by atoms with Gasteiger partial charge < -0.3 is 16.2 Å². The number of primary amides is 1. The van der Waals surface area contributed by atoms with Gasteiger partial charge in [-0.05, 0) is 44.0 Å². The van der Waals surface area contributed by atoms with E-state index in [2.05, 4.69) is 9.97 Å². The molecule has 1 aromatic carbocycles. The predicted molar refractivity (Wildman–Crippen MR) is 79.9 cm³/mol. The van der Waals surface area contributed by atoms with Crippen molar-refractivity contribution in [3.8, 4) is 5.75 Å². The number of carbonyl (C=O) groups excluding carboxylic acids is 1. The van der Waals surface area contributed by atoms with E-state index in [1.807, 2.05) is 32.0 Å². The highest BCUT2D eigenvalue weighted by Crippen LogP contribution is 2.19. The minimum absolute atomic E-state index is 0.0937. The second-order valence-electron chi connectivity index (χ2n) is 4.89. The van der Waals surface area contributed by atoms with Crippen LogP contribution in [-0.2, 0) is 6.61 Å². The summed E-state index contributed by atoms with van der Waals surface area (Å²) >= 11 is 0. The van der Waals surface area contributed by atoms with Crippen LogP contribution in [0.1, 0.15) is 32.9 Å². The molecule has 1 heterocycles. The minimum Gasteiger partial charge on any atom is -0.487 e. The number of ether oxygens (including phenoxy) is 1. The first-order valence-corrected chi connectivity index (χ1v) is 6.51. The summed E-state index contributed by atoms with van der Waals surface area (Å²) in [5.41, 5.74) is 14.4. The van der Waals surface area contributed by atoms with E-state index in [-0.39, 0.29) is 18.1 Å². The average molecular weight is 286 g/mol. The van der Waals surface area contributed by atoms with Gasteiger partial charge >= 0.3 is 0 Å². The molecular weight excluding hydrogens is 268 g/mol. The van der Waals surface area contributed by atoms with E-state index in [9.17, 15) is 4.79 Å². The number of hydrogen-bond donors (Lipinski definition) is 2. The molecule has 0 bridgehead atoms. The number of aryl methyl sites for hydroxylation is 3. The summed E-state index contributed by atoms with van der Waals surface area (Å²) in [6.45, 7) is 5.80. The molecule has 0 fully saturated rings. The number of rotatable bonds is 4. The Balaban J connectivity index is 2.27. The molecule has 0 atom stereocenters. The summed E-state index contributed by atoms with van der Waals surface area (Å²) in [5, 5.41) is 0. The first kappa shape index (κ1) is 14.8. The van der Waals surface area contributed by atoms with Gasteiger partial charge in [-0.25, -0.2) is 9.97 Å². The van der Waals surface area contributed by atoms with Gasteiger partial charge in [-0.3, -0.25) is 4.79 Å². The summed E-state index contributed by atoms with van der Waals surface area (Å²) < 4.78 is 5.68. The molecule has 0 radical (unpaired) electrons. The third-order valence-electron chi connectivity index (χ3n) is 3.28. The fourth-order valence-electron chi connectivity index (χ4n) is 2.04. The molecule has 0 aliphatic heterocycles. The molecule has 0 unspecified atom stereocenters. The van der Waals surface area contributed by atoms with Crippen molar-refractivity contribution >= 4 is 11.9 Å². The summed E-state index contributed by atoms with van der Waals surface area (Å²) in [7, 11) is 0. The summed E-state index contributed by atoms with van der Waals surface area (Å²) in [5.74, 6) is 0.200. The van der Waals surface area contributed by atoms with E-state index in [0.29, 0.717) is 17.1 Å². The Kier molecular flexibility index (Phi) is 4.07. The van der Waals surface area contributed by atoms with Crippen LogP contribution in [0, 0.1) is 20.8 Å². The number of amides is 1. The van der Waals surface area contributed by atoms with Gasteiger partial charge in [-0.2, -0.15) is 0 Å². The molecular formula is C15H18N4O2. The SMILES string of the molecule is Cc1ccc(OCc2nc(N)nc(C)c2C(N)=O)cc1C. The van der Waals surface area contributed by atoms with Gasteiger partial charge in [0.25, 0.3) is 5.91 Å². The van der Waals surface area contributed by atoms with E-state index in [0.717, 1.165) is 5.56 Å².